The Bertz CT molecular complexity index is 1500. The second-order valence-corrected chi connectivity index (χ2v) is 8.26. The van der Waals surface area contributed by atoms with Gasteiger partial charge < -0.3 is 0 Å². The molecule has 0 aliphatic carbocycles. The summed E-state index contributed by atoms with van der Waals surface area (Å²) in [6.45, 7) is 2.37. The van der Waals surface area contributed by atoms with Gasteiger partial charge >= 0.3 is 5.69 Å². The number of aromatic nitrogens is 6. The van der Waals surface area contributed by atoms with Crippen LogP contribution in [0.4, 0.5) is 0 Å². The van der Waals surface area contributed by atoms with E-state index in [0.717, 1.165) is 33.5 Å². The monoisotopic (exact) mass is 464 g/mol. The summed E-state index contributed by atoms with van der Waals surface area (Å²) in [5.74, 6) is 0.369. The van der Waals surface area contributed by atoms with Crippen LogP contribution < -0.4 is 5.69 Å². The number of H-pyrrole nitrogens is 1. The van der Waals surface area contributed by atoms with E-state index in [1.54, 1.807) is 10.8 Å². The topological polar surface area (TPSA) is 98.5 Å². The fourth-order valence-electron chi connectivity index (χ4n) is 4.20. The lowest BCUT2D eigenvalue weighted by atomic mass is 9.98. The molecule has 8 heteroatoms. The van der Waals surface area contributed by atoms with Crippen LogP contribution in [0.1, 0.15) is 28.5 Å². The minimum atomic E-state index is -0.310. The van der Waals surface area contributed by atoms with Crippen LogP contribution in [-0.4, -0.2) is 35.7 Å². The molecule has 0 spiro atoms. The fraction of sp³-hybridized carbons (Fsp3) is 0.148. The van der Waals surface area contributed by atoms with E-state index >= 15 is 0 Å². The Morgan fingerprint density at radius 1 is 0.886 bits per heavy atom. The average molecular weight is 465 g/mol. The Hall–Kier alpha value is -4.59. The number of nitrogens with zero attached hydrogens (tertiary/aromatic N) is 5. The Kier molecular flexibility index (Phi) is 6.17. The van der Waals surface area contributed by atoms with Crippen molar-refractivity contribution in [1.82, 2.24) is 29.8 Å². The molecule has 0 saturated carbocycles. The Morgan fingerprint density at radius 2 is 1.60 bits per heavy atom. The SMILES string of the molecule is CCc1cn(C(=O)Cc2ccccc2)c(=O)n1Cc1ccc(-c2ccccc2-c2nnn[nH]2)cc1. The highest BCUT2D eigenvalue weighted by Crippen LogP contribution is 2.29. The maximum atomic E-state index is 13.1. The number of benzene rings is 3. The van der Waals surface area contributed by atoms with E-state index in [1.165, 1.54) is 4.57 Å². The summed E-state index contributed by atoms with van der Waals surface area (Å²) in [6, 6.07) is 25.4. The van der Waals surface area contributed by atoms with Crippen LogP contribution in [0.15, 0.2) is 89.9 Å². The highest BCUT2D eigenvalue weighted by atomic mass is 16.2. The Balaban J connectivity index is 1.40. The van der Waals surface area contributed by atoms with Crippen LogP contribution in [0.2, 0.25) is 0 Å². The van der Waals surface area contributed by atoms with E-state index in [2.05, 4.69) is 20.6 Å². The van der Waals surface area contributed by atoms with Gasteiger partial charge in [0.05, 0.1) is 13.0 Å². The van der Waals surface area contributed by atoms with Crippen molar-refractivity contribution >= 4 is 5.91 Å². The summed E-state index contributed by atoms with van der Waals surface area (Å²) in [5.41, 5.74) is 5.29. The van der Waals surface area contributed by atoms with Crippen molar-refractivity contribution in [3.8, 4) is 22.5 Å². The first-order valence-corrected chi connectivity index (χ1v) is 11.4. The van der Waals surface area contributed by atoms with Crippen molar-refractivity contribution in [2.45, 2.75) is 26.3 Å². The highest BCUT2D eigenvalue weighted by molar-refractivity contribution is 5.81. The lowest BCUT2D eigenvalue weighted by molar-refractivity contribution is 0.0909. The van der Waals surface area contributed by atoms with Gasteiger partial charge in [0.2, 0.25) is 5.91 Å². The molecule has 0 amide bonds. The summed E-state index contributed by atoms with van der Waals surface area (Å²) < 4.78 is 2.91. The molecule has 5 rings (SSSR count). The van der Waals surface area contributed by atoms with E-state index in [4.69, 9.17) is 0 Å². The number of nitrogens with one attached hydrogen (secondary N) is 1. The van der Waals surface area contributed by atoms with Crippen LogP contribution in [0, 0.1) is 0 Å². The molecular weight excluding hydrogens is 440 g/mol. The zero-order valence-corrected chi connectivity index (χ0v) is 19.3. The number of carbonyl (C=O) groups excluding carboxylic acids is 1. The van der Waals surface area contributed by atoms with Gasteiger partial charge in [0.15, 0.2) is 5.82 Å². The number of rotatable bonds is 7. The van der Waals surface area contributed by atoms with Crippen molar-refractivity contribution in [2.24, 2.45) is 0 Å². The lowest BCUT2D eigenvalue weighted by Crippen LogP contribution is -2.30. The molecule has 174 valence electrons. The summed E-state index contributed by atoms with van der Waals surface area (Å²) in [7, 11) is 0. The first-order valence-electron chi connectivity index (χ1n) is 11.4. The van der Waals surface area contributed by atoms with Gasteiger partial charge in [0.1, 0.15) is 0 Å². The van der Waals surface area contributed by atoms with Gasteiger partial charge in [0.25, 0.3) is 0 Å². The van der Waals surface area contributed by atoms with E-state index < -0.39 is 0 Å². The first kappa shape index (κ1) is 22.2. The van der Waals surface area contributed by atoms with Crippen LogP contribution in [0.5, 0.6) is 0 Å². The van der Waals surface area contributed by atoms with Gasteiger partial charge in [-0.25, -0.2) is 14.5 Å². The van der Waals surface area contributed by atoms with Crippen LogP contribution in [-0.2, 0) is 19.4 Å². The number of hydrogen-bond acceptors (Lipinski definition) is 5. The molecule has 0 bridgehead atoms. The highest BCUT2D eigenvalue weighted by Gasteiger charge is 2.16. The molecule has 2 aromatic heterocycles. The van der Waals surface area contributed by atoms with E-state index in [1.807, 2.05) is 85.8 Å². The maximum absolute atomic E-state index is 13.1. The molecule has 0 saturated heterocycles. The van der Waals surface area contributed by atoms with Crippen LogP contribution in [0.25, 0.3) is 22.5 Å². The fourth-order valence-corrected chi connectivity index (χ4v) is 4.20. The number of imidazole rings is 1. The van der Waals surface area contributed by atoms with Crippen molar-refractivity contribution in [2.75, 3.05) is 0 Å². The summed E-state index contributed by atoms with van der Waals surface area (Å²) in [5, 5.41) is 14.2. The first-order chi connectivity index (χ1) is 17.1. The average Bonchev–Trinajstić information content (AvgIpc) is 3.54. The summed E-state index contributed by atoms with van der Waals surface area (Å²) >= 11 is 0. The molecular formula is C27H24N6O2. The molecule has 1 N–H and O–H groups in total. The molecule has 0 aliphatic rings. The smallest absolute Gasteiger partial charge is 0.292 e. The molecule has 8 nitrogen and oxygen atoms in total. The summed E-state index contributed by atoms with van der Waals surface area (Å²) in [4.78, 5) is 26.0. The van der Waals surface area contributed by atoms with E-state index in [9.17, 15) is 9.59 Å². The van der Waals surface area contributed by atoms with Crippen molar-refractivity contribution in [3.63, 3.8) is 0 Å². The van der Waals surface area contributed by atoms with Gasteiger partial charge in [-0.1, -0.05) is 85.8 Å². The molecule has 5 aromatic rings. The zero-order chi connectivity index (χ0) is 24.2. The zero-order valence-electron chi connectivity index (χ0n) is 19.3. The number of aromatic amines is 1. The largest absolute Gasteiger partial charge is 0.335 e. The number of tetrazole rings is 1. The number of carbonyl (C=O) groups is 1. The van der Waals surface area contributed by atoms with E-state index in [-0.39, 0.29) is 18.0 Å². The maximum Gasteiger partial charge on any atom is 0.335 e. The molecule has 2 heterocycles. The third-order valence-corrected chi connectivity index (χ3v) is 6.02. The number of hydrogen-bond donors (Lipinski definition) is 1. The van der Waals surface area contributed by atoms with Gasteiger partial charge in [-0.2, -0.15) is 0 Å². The Labute approximate surface area is 201 Å². The van der Waals surface area contributed by atoms with Crippen LogP contribution >= 0.6 is 0 Å². The van der Waals surface area contributed by atoms with Gasteiger partial charge in [0, 0.05) is 17.5 Å². The predicted molar refractivity (Wildman–Crippen MR) is 133 cm³/mol. The standard InChI is InChI=1S/C27H24N6O2/c1-2-22-18-33(25(34)16-19-8-4-3-5-9-19)27(35)32(22)17-20-12-14-21(15-13-20)23-10-6-7-11-24(23)26-28-30-31-29-26/h3-15,18H,2,16-17H2,1H3,(H,28,29,30,31). The van der Waals surface area contributed by atoms with Gasteiger partial charge in [-0.3, -0.25) is 9.36 Å². The molecule has 0 atom stereocenters. The predicted octanol–water partition coefficient (Wildman–Crippen LogP) is 3.99. The molecule has 35 heavy (non-hydrogen) atoms. The Morgan fingerprint density at radius 3 is 2.29 bits per heavy atom. The second kappa shape index (κ2) is 9.72. The second-order valence-electron chi connectivity index (χ2n) is 8.26. The molecule has 0 fully saturated rings. The molecule has 3 aromatic carbocycles. The lowest BCUT2D eigenvalue weighted by Gasteiger charge is -2.09. The van der Waals surface area contributed by atoms with Gasteiger partial charge in [-0.05, 0) is 39.1 Å². The molecule has 0 unspecified atom stereocenters. The van der Waals surface area contributed by atoms with Crippen molar-refractivity contribution in [1.29, 1.82) is 0 Å². The molecule has 0 radical (unpaired) electrons. The van der Waals surface area contributed by atoms with Crippen molar-refractivity contribution < 1.29 is 4.79 Å². The normalized spacial score (nSPS) is 11.0. The molecule has 0 aliphatic heterocycles. The van der Waals surface area contributed by atoms with Gasteiger partial charge in [-0.15, -0.1) is 5.10 Å². The van der Waals surface area contributed by atoms with Crippen molar-refractivity contribution in [3.05, 3.63) is 112 Å². The third-order valence-electron chi connectivity index (χ3n) is 6.02. The summed E-state index contributed by atoms with van der Waals surface area (Å²) in [6.07, 6.45) is 2.50. The van der Waals surface area contributed by atoms with E-state index in [0.29, 0.717) is 18.8 Å². The number of aryl methyl sites for hydroxylation is 1. The quantitative estimate of drug-likeness (QED) is 0.393. The third kappa shape index (κ3) is 4.59. The minimum Gasteiger partial charge on any atom is -0.292 e. The minimum absolute atomic E-state index is 0.183. The van der Waals surface area contributed by atoms with Crippen LogP contribution in [0.3, 0.4) is 0 Å².